The standard InChI is InChI=1S/C22H36O10/c1-6-7-8-9-10-11-12-27-22-21(31-17(5)26)20(30-16(4)25)19(29-15(3)24)18(32-22)13-28-14(2)23/h18-22H,6-13H2,1-5H3/t18-,19-,20+,21-,22?/m1/s1. The van der Waals surface area contributed by atoms with E-state index in [9.17, 15) is 19.2 Å². The van der Waals surface area contributed by atoms with Crippen molar-refractivity contribution in [3.8, 4) is 0 Å². The number of ether oxygens (including phenoxy) is 6. The van der Waals surface area contributed by atoms with Crippen molar-refractivity contribution in [2.45, 2.75) is 104 Å². The molecule has 1 fully saturated rings. The van der Waals surface area contributed by atoms with Crippen LogP contribution in [0.5, 0.6) is 0 Å². The van der Waals surface area contributed by atoms with Crippen LogP contribution < -0.4 is 0 Å². The first-order valence-corrected chi connectivity index (χ1v) is 11.1. The summed E-state index contributed by atoms with van der Waals surface area (Å²) in [5.41, 5.74) is 0. The van der Waals surface area contributed by atoms with Crippen LogP contribution in [-0.2, 0) is 47.6 Å². The van der Waals surface area contributed by atoms with Gasteiger partial charge in [0.15, 0.2) is 24.6 Å². The Kier molecular flexibility index (Phi) is 12.9. The number of hydrogen-bond donors (Lipinski definition) is 0. The highest BCUT2D eigenvalue weighted by atomic mass is 16.7. The van der Waals surface area contributed by atoms with Gasteiger partial charge in [-0.05, 0) is 6.42 Å². The van der Waals surface area contributed by atoms with E-state index in [0.717, 1.165) is 32.1 Å². The van der Waals surface area contributed by atoms with Gasteiger partial charge in [0.05, 0.1) is 0 Å². The van der Waals surface area contributed by atoms with E-state index in [2.05, 4.69) is 6.92 Å². The van der Waals surface area contributed by atoms with Crippen LogP contribution >= 0.6 is 0 Å². The van der Waals surface area contributed by atoms with Gasteiger partial charge in [0.2, 0.25) is 0 Å². The van der Waals surface area contributed by atoms with Crippen molar-refractivity contribution >= 4 is 23.9 Å². The molecule has 1 aliphatic rings. The van der Waals surface area contributed by atoms with Gasteiger partial charge in [-0.2, -0.15) is 0 Å². The minimum atomic E-state index is -1.20. The largest absolute Gasteiger partial charge is 0.463 e. The Morgan fingerprint density at radius 3 is 1.78 bits per heavy atom. The number of carbonyl (C=O) groups excluding carboxylic acids is 4. The molecule has 0 aliphatic carbocycles. The lowest BCUT2D eigenvalue weighted by atomic mass is 9.98. The topological polar surface area (TPSA) is 124 Å². The molecule has 0 bridgehead atoms. The molecule has 1 saturated heterocycles. The SMILES string of the molecule is CCCCCCCCOC1O[C@H](COC(C)=O)[C@@H](OC(C)=O)[C@H](OC(C)=O)[C@H]1OC(C)=O. The second-order valence-electron chi connectivity index (χ2n) is 7.71. The van der Waals surface area contributed by atoms with Crippen LogP contribution in [0.3, 0.4) is 0 Å². The summed E-state index contributed by atoms with van der Waals surface area (Å²) in [4.78, 5) is 46.5. The highest BCUT2D eigenvalue weighted by Gasteiger charge is 2.52. The smallest absolute Gasteiger partial charge is 0.303 e. The van der Waals surface area contributed by atoms with Crippen LogP contribution in [0.15, 0.2) is 0 Å². The van der Waals surface area contributed by atoms with Gasteiger partial charge in [-0.25, -0.2) is 0 Å². The molecule has 0 aromatic heterocycles. The number of unbranched alkanes of at least 4 members (excludes halogenated alkanes) is 5. The first kappa shape index (κ1) is 27.8. The maximum absolute atomic E-state index is 11.8. The lowest BCUT2D eigenvalue weighted by molar-refractivity contribution is -0.308. The maximum atomic E-state index is 11.8. The lowest BCUT2D eigenvalue weighted by Gasteiger charge is -2.44. The Morgan fingerprint density at radius 2 is 1.22 bits per heavy atom. The van der Waals surface area contributed by atoms with Gasteiger partial charge >= 0.3 is 23.9 Å². The fraction of sp³-hybridized carbons (Fsp3) is 0.818. The van der Waals surface area contributed by atoms with Crippen molar-refractivity contribution in [2.75, 3.05) is 13.2 Å². The number of carbonyl (C=O) groups is 4. The van der Waals surface area contributed by atoms with Gasteiger partial charge < -0.3 is 28.4 Å². The van der Waals surface area contributed by atoms with Crippen LogP contribution in [0.25, 0.3) is 0 Å². The Morgan fingerprint density at radius 1 is 0.688 bits per heavy atom. The van der Waals surface area contributed by atoms with Gasteiger partial charge in [-0.15, -0.1) is 0 Å². The summed E-state index contributed by atoms with van der Waals surface area (Å²) in [5, 5.41) is 0. The van der Waals surface area contributed by atoms with Crippen LogP contribution in [0.2, 0.25) is 0 Å². The molecule has 32 heavy (non-hydrogen) atoms. The highest BCUT2D eigenvalue weighted by Crippen LogP contribution is 2.30. The molecular weight excluding hydrogens is 424 g/mol. The second-order valence-corrected chi connectivity index (χ2v) is 7.71. The highest BCUT2D eigenvalue weighted by molar-refractivity contribution is 5.68. The predicted octanol–water partition coefficient (Wildman–Crippen LogP) is 2.45. The molecule has 184 valence electrons. The van der Waals surface area contributed by atoms with Crippen LogP contribution in [0, 0.1) is 0 Å². The van der Waals surface area contributed by atoms with Crippen LogP contribution in [0.1, 0.15) is 73.1 Å². The minimum Gasteiger partial charge on any atom is -0.463 e. The molecule has 5 atom stereocenters. The van der Waals surface area contributed by atoms with Gasteiger partial charge in [-0.3, -0.25) is 19.2 Å². The molecule has 1 unspecified atom stereocenters. The van der Waals surface area contributed by atoms with Gasteiger partial charge in [0.25, 0.3) is 0 Å². The molecular formula is C22H36O10. The first-order valence-electron chi connectivity index (χ1n) is 11.1. The van der Waals surface area contributed by atoms with Gasteiger partial charge in [0.1, 0.15) is 12.7 Å². The quantitative estimate of drug-likeness (QED) is 0.230. The second kappa shape index (κ2) is 14.8. The van der Waals surface area contributed by atoms with Crippen molar-refractivity contribution in [3.63, 3.8) is 0 Å². The zero-order valence-corrected chi connectivity index (χ0v) is 19.6. The Labute approximate surface area is 189 Å². The van der Waals surface area contributed by atoms with Gasteiger partial charge in [-0.1, -0.05) is 39.0 Å². The summed E-state index contributed by atoms with van der Waals surface area (Å²) in [5.74, 6) is -2.56. The molecule has 10 heteroatoms. The van der Waals surface area contributed by atoms with E-state index in [1.165, 1.54) is 34.1 Å². The van der Waals surface area contributed by atoms with Crippen molar-refractivity contribution in [1.29, 1.82) is 0 Å². The third-order valence-electron chi connectivity index (χ3n) is 4.73. The summed E-state index contributed by atoms with van der Waals surface area (Å²) in [6.07, 6.45) is 0.641. The lowest BCUT2D eigenvalue weighted by Crippen LogP contribution is -2.63. The van der Waals surface area contributed by atoms with Crippen molar-refractivity contribution in [2.24, 2.45) is 0 Å². The summed E-state index contributed by atoms with van der Waals surface area (Å²) in [6.45, 7) is 6.97. The molecule has 0 amide bonds. The normalized spacial score (nSPS) is 25.0. The molecule has 1 rings (SSSR count). The molecule has 0 radical (unpaired) electrons. The third kappa shape index (κ3) is 10.4. The maximum Gasteiger partial charge on any atom is 0.303 e. The van der Waals surface area contributed by atoms with E-state index in [1.54, 1.807) is 0 Å². The molecule has 0 N–H and O–H groups in total. The average molecular weight is 461 g/mol. The van der Waals surface area contributed by atoms with E-state index in [1.807, 2.05) is 0 Å². The Balaban J connectivity index is 3.01. The van der Waals surface area contributed by atoms with Crippen molar-refractivity contribution < 1.29 is 47.6 Å². The number of esters is 4. The molecule has 10 nitrogen and oxygen atoms in total. The summed E-state index contributed by atoms with van der Waals surface area (Å²) < 4.78 is 32.8. The van der Waals surface area contributed by atoms with E-state index >= 15 is 0 Å². The molecule has 0 aromatic carbocycles. The Bertz CT molecular complexity index is 620. The molecule has 0 spiro atoms. The van der Waals surface area contributed by atoms with Crippen molar-refractivity contribution in [1.82, 2.24) is 0 Å². The summed E-state index contributed by atoms with van der Waals surface area (Å²) >= 11 is 0. The first-order chi connectivity index (χ1) is 15.1. The third-order valence-corrected chi connectivity index (χ3v) is 4.73. The fourth-order valence-corrected chi connectivity index (χ4v) is 3.40. The summed E-state index contributed by atoms with van der Waals surface area (Å²) in [7, 11) is 0. The zero-order chi connectivity index (χ0) is 24.1. The number of rotatable bonds is 13. The van der Waals surface area contributed by atoms with Crippen LogP contribution in [-0.4, -0.2) is 67.8 Å². The van der Waals surface area contributed by atoms with Crippen molar-refractivity contribution in [3.05, 3.63) is 0 Å². The van der Waals surface area contributed by atoms with E-state index in [4.69, 9.17) is 28.4 Å². The molecule has 1 aliphatic heterocycles. The zero-order valence-electron chi connectivity index (χ0n) is 19.6. The fourth-order valence-electron chi connectivity index (χ4n) is 3.40. The van der Waals surface area contributed by atoms with E-state index in [0.29, 0.717) is 6.61 Å². The predicted molar refractivity (Wildman–Crippen MR) is 111 cm³/mol. The van der Waals surface area contributed by atoms with E-state index < -0.39 is 54.6 Å². The summed E-state index contributed by atoms with van der Waals surface area (Å²) in [6, 6.07) is 0. The molecule has 0 aromatic rings. The number of hydrogen-bond acceptors (Lipinski definition) is 10. The molecule has 0 saturated carbocycles. The monoisotopic (exact) mass is 460 g/mol. The van der Waals surface area contributed by atoms with Gasteiger partial charge in [0, 0.05) is 34.3 Å². The molecule has 1 heterocycles. The minimum absolute atomic E-state index is 0.269. The van der Waals surface area contributed by atoms with E-state index in [-0.39, 0.29) is 6.61 Å². The Hall–Kier alpha value is -2.20. The average Bonchev–Trinajstić information content (AvgIpc) is 2.68. The van der Waals surface area contributed by atoms with Crippen LogP contribution in [0.4, 0.5) is 0 Å².